The fourth-order valence-electron chi connectivity index (χ4n) is 1.96. The van der Waals surface area contributed by atoms with Crippen LogP contribution < -0.4 is 10.6 Å². The summed E-state index contributed by atoms with van der Waals surface area (Å²) in [5.41, 5.74) is 1.54. The molecule has 0 aromatic heterocycles. The van der Waals surface area contributed by atoms with Gasteiger partial charge in [0.2, 0.25) is 0 Å². The Morgan fingerprint density at radius 1 is 1.17 bits per heavy atom. The first-order valence-electron chi connectivity index (χ1n) is 7.24. The zero-order valence-corrected chi connectivity index (χ0v) is 14.2. The van der Waals surface area contributed by atoms with E-state index in [1.54, 1.807) is 12.1 Å². The molecule has 2 rings (SSSR count). The molecule has 0 heterocycles. The smallest absolute Gasteiger partial charge is 0.267 e. The van der Waals surface area contributed by atoms with E-state index in [4.69, 9.17) is 28.5 Å². The lowest BCUT2D eigenvalue weighted by atomic mass is 10.1. The maximum Gasteiger partial charge on any atom is 0.267 e. The van der Waals surface area contributed by atoms with E-state index in [1.165, 1.54) is 17.8 Å². The molecular weight excluding hydrogens is 345 g/mol. The molecule has 0 saturated carbocycles. The number of amides is 1. The molecule has 0 aliphatic heterocycles. The topological polar surface area (TPSA) is 64.9 Å². The predicted octanol–water partition coefficient (Wildman–Crippen LogP) is 4.17. The summed E-state index contributed by atoms with van der Waals surface area (Å²) in [5.74, 6) is -0.533. The molecule has 1 amide bonds. The number of hydrogen-bond donors (Lipinski definition) is 2. The molecule has 0 bridgehead atoms. The molecule has 0 saturated heterocycles. The molecule has 0 radical (unpaired) electrons. The lowest BCUT2D eigenvalue weighted by molar-refractivity contribution is -0.112. The molecule has 122 valence electrons. The number of hydrogen-bond acceptors (Lipinski definition) is 3. The largest absolute Gasteiger partial charge is 0.389 e. The minimum Gasteiger partial charge on any atom is -0.389 e. The van der Waals surface area contributed by atoms with Crippen LogP contribution in [0.25, 0.3) is 0 Å². The van der Waals surface area contributed by atoms with Gasteiger partial charge in [0.1, 0.15) is 11.6 Å². The SMILES string of the molecule is N#C/C(=C/NCCc1ccccc1)C(=O)Nc1ccc(Cl)cc1Cl. The number of halogens is 2. The van der Waals surface area contributed by atoms with E-state index < -0.39 is 5.91 Å². The predicted molar refractivity (Wildman–Crippen MR) is 96.9 cm³/mol. The van der Waals surface area contributed by atoms with Gasteiger partial charge in [0, 0.05) is 17.8 Å². The Morgan fingerprint density at radius 3 is 2.58 bits per heavy atom. The summed E-state index contributed by atoms with van der Waals surface area (Å²) in [6, 6.07) is 16.5. The van der Waals surface area contributed by atoms with E-state index in [0.29, 0.717) is 22.3 Å². The van der Waals surface area contributed by atoms with Crippen LogP contribution in [0.1, 0.15) is 5.56 Å². The van der Waals surface area contributed by atoms with Crippen molar-refractivity contribution in [1.82, 2.24) is 5.32 Å². The van der Waals surface area contributed by atoms with Gasteiger partial charge in [-0.2, -0.15) is 5.26 Å². The van der Waals surface area contributed by atoms with Crippen LogP contribution in [0, 0.1) is 11.3 Å². The number of carbonyl (C=O) groups excluding carboxylic acids is 1. The van der Waals surface area contributed by atoms with Crippen molar-refractivity contribution in [3.05, 3.63) is 75.9 Å². The lowest BCUT2D eigenvalue weighted by Crippen LogP contribution is -2.18. The van der Waals surface area contributed by atoms with E-state index in [-0.39, 0.29) is 5.57 Å². The molecule has 0 aliphatic rings. The summed E-state index contributed by atoms with van der Waals surface area (Å²) in [7, 11) is 0. The van der Waals surface area contributed by atoms with E-state index in [9.17, 15) is 4.79 Å². The van der Waals surface area contributed by atoms with Crippen LogP contribution in [0.3, 0.4) is 0 Å². The number of nitrogens with one attached hydrogen (secondary N) is 2. The average Bonchev–Trinajstić information content (AvgIpc) is 2.58. The second kappa shape index (κ2) is 8.97. The van der Waals surface area contributed by atoms with Gasteiger partial charge in [-0.3, -0.25) is 4.79 Å². The van der Waals surface area contributed by atoms with Crippen LogP contribution in [0.15, 0.2) is 60.3 Å². The number of benzene rings is 2. The van der Waals surface area contributed by atoms with Crippen molar-refractivity contribution in [1.29, 1.82) is 5.26 Å². The number of rotatable bonds is 6. The van der Waals surface area contributed by atoms with Crippen molar-refractivity contribution in [3.8, 4) is 6.07 Å². The van der Waals surface area contributed by atoms with Gasteiger partial charge >= 0.3 is 0 Å². The third-order valence-corrected chi connectivity index (χ3v) is 3.74. The first kappa shape index (κ1) is 17.9. The van der Waals surface area contributed by atoms with Crippen molar-refractivity contribution in [2.45, 2.75) is 6.42 Å². The number of nitrogens with zero attached hydrogens (tertiary/aromatic N) is 1. The minimum atomic E-state index is -0.533. The fourth-order valence-corrected chi connectivity index (χ4v) is 2.42. The Labute approximate surface area is 150 Å². The Kier molecular flexibility index (Phi) is 6.68. The molecular formula is C18H15Cl2N3O. The van der Waals surface area contributed by atoms with Crippen LogP contribution >= 0.6 is 23.2 Å². The van der Waals surface area contributed by atoms with Crippen LogP contribution in [0.2, 0.25) is 10.0 Å². The molecule has 0 fully saturated rings. The van der Waals surface area contributed by atoms with E-state index in [0.717, 1.165) is 6.42 Å². The highest BCUT2D eigenvalue weighted by molar-refractivity contribution is 6.36. The van der Waals surface area contributed by atoms with Crippen LogP contribution in [-0.4, -0.2) is 12.5 Å². The van der Waals surface area contributed by atoms with E-state index >= 15 is 0 Å². The molecule has 24 heavy (non-hydrogen) atoms. The van der Waals surface area contributed by atoms with Gasteiger partial charge in [-0.25, -0.2) is 0 Å². The van der Waals surface area contributed by atoms with Gasteiger partial charge in [-0.1, -0.05) is 53.5 Å². The molecule has 4 nitrogen and oxygen atoms in total. The minimum absolute atomic E-state index is 0.0333. The third-order valence-electron chi connectivity index (χ3n) is 3.19. The van der Waals surface area contributed by atoms with Crippen molar-refractivity contribution in [2.75, 3.05) is 11.9 Å². The van der Waals surface area contributed by atoms with Crippen LogP contribution in [-0.2, 0) is 11.2 Å². The summed E-state index contributed by atoms with van der Waals surface area (Å²) in [6.45, 7) is 0.615. The molecule has 0 spiro atoms. The first-order valence-corrected chi connectivity index (χ1v) is 7.99. The van der Waals surface area contributed by atoms with Gasteiger partial charge in [-0.05, 0) is 30.2 Å². The van der Waals surface area contributed by atoms with Gasteiger partial charge in [0.15, 0.2) is 0 Å². The third kappa shape index (κ3) is 5.31. The highest BCUT2D eigenvalue weighted by atomic mass is 35.5. The van der Waals surface area contributed by atoms with Crippen LogP contribution in [0.4, 0.5) is 5.69 Å². The van der Waals surface area contributed by atoms with Crippen molar-refractivity contribution >= 4 is 34.8 Å². The summed E-state index contributed by atoms with van der Waals surface area (Å²) in [5, 5.41) is 15.5. The summed E-state index contributed by atoms with van der Waals surface area (Å²) in [4.78, 5) is 12.1. The second-order valence-corrected chi connectivity index (χ2v) is 5.78. The number of nitriles is 1. The Hall–Kier alpha value is -2.48. The lowest BCUT2D eigenvalue weighted by Gasteiger charge is -2.07. The van der Waals surface area contributed by atoms with Gasteiger partial charge in [-0.15, -0.1) is 0 Å². The number of carbonyl (C=O) groups is 1. The highest BCUT2D eigenvalue weighted by Crippen LogP contribution is 2.25. The fraction of sp³-hybridized carbons (Fsp3) is 0.111. The second-order valence-electron chi connectivity index (χ2n) is 4.94. The van der Waals surface area contributed by atoms with E-state index in [1.807, 2.05) is 36.4 Å². The van der Waals surface area contributed by atoms with Gasteiger partial charge in [0.05, 0.1) is 10.7 Å². The van der Waals surface area contributed by atoms with Crippen molar-refractivity contribution in [2.24, 2.45) is 0 Å². The average molecular weight is 360 g/mol. The zero-order chi connectivity index (χ0) is 17.4. The first-order chi connectivity index (χ1) is 11.6. The quantitative estimate of drug-likeness (QED) is 0.462. The van der Waals surface area contributed by atoms with Crippen molar-refractivity contribution in [3.63, 3.8) is 0 Å². The molecule has 2 aromatic rings. The monoisotopic (exact) mass is 359 g/mol. The molecule has 2 aromatic carbocycles. The van der Waals surface area contributed by atoms with Gasteiger partial charge in [0.25, 0.3) is 5.91 Å². The van der Waals surface area contributed by atoms with E-state index in [2.05, 4.69) is 10.6 Å². The summed E-state index contributed by atoms with van der Waals surface area (Å²) in [6.07, 6.45) is 2.20. The number of anilines is 1. The molecule has 0 aliphatic carbocycles. The molecule has 6 heteroatoms. The normalized spacial score (nSPS) is 10.8. The Bertz CT molecular complexity index is 783. The maximum absolute atomic E-state index is 12.1. The Morgan fingerprint density at radius 2 is 1.92 bits per heavy atom. The highest BCUT2D eigenvalue weighted by Gasteiger charge is 2.11. The molecule has 0 atom stereocenters. The van der Waals surface area contributed by atoms with Crippen LogP contribution in [0.5, 0.6) is 0 Å². The van der Waals surface area contributed by atoms with Gasteiger partial charge < -0.3 is 10.6 Å². The molecule has 2 N–H and O–H groups in total. The Balaban J connectivity index is 1.92. The maximum atomic E-state index is 12.1. The summed E-state index contributed by atoms with van der Waals surface area (Å²) < 4.78 is 0. The molecule has 0 unspecified atom stereocenters. The summed E-state index contributed by atoms with van der Waals surface area (Å²) >= 11 is 11.8. The van der Waals surface area contributed by atoms with Crippen molar-refractivity contribution < 1.29 is 4.79 Å². The standard InChI is InChI=1S/C18H15Cl2N3O/c19-15-6-7-17(16(20)10-15)23-18(24)14(11-21)12-22-9-8-13-4-2-1-3-5-13/h1-7,10,12,22H,8-9H2,(H,23,24)/b14-12-. The zero-order valence-electron chi connectivity index (χ0n) is 12.7.